The van der Waals surface area contributed by atoms with Crippen molar-refractivity contribution in [2.75, 3.05) is 11.9 Å². The van der Waals surface area contributed by atoms with Crippen LogP contribution in [0.25, 0.3) is 5.69 Å². The van der Waals surface area contributed by atoms with Crippen molar-refractivity contribution >= 4 is 21.7 Å². The molecule has 2 heterocycles. The van der Waals surface area contributed by atoms with Gasteiger partial charge in [-0.2, -0.15) is 5.10 Å². The molecule has 3 aromatic rings. The van der Waals surface area contributed by atoms with Gasteiger partial charge in [0, 0.05) is 23.0 Å². The molecule has 0 atom stereocenters. The summed E-state index contributed by atoms with van der Waals surface area (Å²) in [5.41, 5.74) is 4.89. The highest BCUT2D eigenvalue weighted by molar-refractivity contribution is 9.10. The van der Waals surface area contributed by atoms with E-state index < -0.39 is 0 Å². The Labute approximate surface area is 138 Å². The van der Waals surface area contributed by atoms with Crippen molar-refractivity contribution in [2.24, 2.45) is 0 Å². The van der Waals surface area contributed by atoms with Crippen LogP contribution in [-0.2, 0) is 12.8 Å². The molecule has 1 aliphatic heterocycles. The molecule has 0 radical (unpaired) electrons. The standard InChI is InChI=1S/C18H16BrN3/c19-15-8-4-5-9-17(15)22-18-14(10-11-20-18)16(21-22)12-13-6-2-1-3-7-13/h1-9,20H,10-12H2. The minimum atomic E-state index is 0.877. The number of aromatic nitrogens is 2. The molecular weight excluding hydrogens is 338 g/mol. The molecule has 0 amide bonds. The Balaban J connectivity index is 1.79. The topological polar surface area (TPSA) is 29.9 Å². The number of nitrogens with one attached hydrogen (secondary N) is 1. The number of rotatable bonds is 3. The molecule has 1 N–H and O–H groups in total. The van der Waals surface area contributed by atoms with Crippen molar-refractivity contribution in [1.82, 2.24) is 9.78 Å². The first-order valence-corrected chi connectivity index (χ1v) is 8.26. The van der Waals surface area contributed by atoms with Gasteiger partial charge in [0.05, 0.1) is 11.4 Å². The van der Waals surface area contributed by atoms with Gasteiger partial charge in [0.25, 0.3) is 0 Å². The second-order valence-electron chi connectivity index (χ2n) is 5.48. The Morgan fingerprint density at radius 2 is 1.82 bits per heavy atom. The first kappa shape index (κ1) is 13.6. The molecule has 0 bridgehead atoms. The molecule has 1 aromatic heterocycles. The van der Waals surface area contributed by atoms with Gasteiger partial charge < -0.3 is 5.32 Å². The lowest BCUT2D eigenvalue weighted by Gasteiger charge is -2.08. The summed E-state index contributed by atoms with van der Waals surface area (Å²) in [5, 5.41) is 8.36. The summed E-state index contributed by atoms with van der Waals surface area (Å²) < 4.78 is 3.09. The molecule has 0 aliphatic carbocycles. The van der Waals surface area contributed by atoms with E-state index in [1.807, 2.05) is 16.8 Å². The van der Waals surface area contributed by atoms with E-state index in [1.54, 1.807) is 0 Å². The summed E-state index contributed by atoms with van der Waals surface area (Å²) >= 11 is 3.63. The van der Waals surface area contributed by atoms with E-state index in [0.717, 1.165) is 35.4 Å². The highest BCUT2D eigenvalue weighted by Gasteiger charge is 2.23. The maximum Gasteiger partial charge on any atom is 0.133 e. The highest BCUT2D eigenvalue weighted by Crippen LogP contribution is 2.32. The minimum absolute atomic E-state index is 0.877. The SMILES string of the molecule is Brc1ccccc1-n1nc(Cc2ccccc2)c2c1NCC2. The molecule has 2 aromatic carbocycles. The average Bonchev–Trinajstić information content (AvgIpc) is 3.13. The summed E-state index contributed by atoms with van der Waals surface area (Å²) in [6, 6.07) is 18.7. The molecular formula is C18H16BrN3. The lowest BCUT2D eigenvalue weighted by atomic mass is 10.1. The van der Waals surface area contributed by atoms with Gasteiger partial charge in [0.15, 0.2) is 0 Å². The van der Waals surface area contributed by atoms with Crippen LogP contribution in [-0.4, -0.2) is 16.3 Å². The van der Waals surface area contributed by atoms with Gasteiger partial charge in [-0.05, 0) is 40.0 Å². The van der Waals surface area contributed by atoms with Gasteiger partial charge in [-0.25, -0.2) is 4.68 Å². The predicted molar refractivity (Wildman–Crippen MR) is 92.7 cm³/mol. The molecule has 110 valence electrons. The van der Waals surface area contributed by atoms with Gasteiger partial charge in [-0.1, -0.05) is 42.5 Å². The first-order valence-electron chi connectivity index (χ1n) is 7.46. The maximum absolute atomic E-state index is 4.88. The molecule has 0 unspecified atom stereocenters. The number of anilines is 1. The van der Waals surface area contributed by atoms with Gasteiger partial charge in [0.2, 0.25) is 0 Å². The van der Waals surface area contributed by atoms with Crippen LogP contribution in [0.1, 0.15) is 16.8 Å². The van der Waals surface area contributed by atoms with Gasteiger partial charge in [0.1, 0.15) is 5.82 Å². The fourth-order valence-corrected chi connectivity index (χ4v) is 3.43. The van der Waals surface area contributed by atoms with E-state index in [9.17, 15) is 0 Å². The van der Waals surface area contributed by atoms with Crippen LogP contribution < -0.4 is 5.32 Å². The molecule has 0 saturated carbocycles. The number of para-hydroxylation sites is 1. The van der Waals surface area contributed by atoms with Crippen molar-refractivity contribution in [3.63, 3.8) is 0 Å². The number of hydrogen-bond acceptors (Lipinski definition) is 2. The summed E-state index contributed by atoms with van der Waals surface area (Å²) in [5.74, 6) is 1.14. The highest BCUT2D eigenvalue weighted by atomic mass is 79.9. The normalized spacial score (nSPS) is 13.0. The lowest BCUT2D eigenvalue weighted by Crippen LogP contribution is -2.05. The Hall–Kier alpha value is -2.07. The smallest absolute Gasteiger partial charge is 0.133 e. The van der Waals surface area contributed by atoms with Gasteiger partial charge in [-0.3, -0.25) is 0 Å². The quantitative estimate of drug-likeness (QED) is 0.764. The lowest BCUT2D eigenvalue weighted by molar-refractivity contribution is 0.837. The van der Waals surface area contributed by atoms with Crippen LogP contribution in [0.4, 0.5) is 5.82 Å². The van der Waals surface area contributed by atoms with Crippen molar-refractivity contribution < 1.29 is 0 Å². The van der Waals surface area contributed by atoms with Crippen molar-refractivity contribution in [2.45, 2.75) is 12.8 Å². The fraction of sp³-hybridized carbons (Fsp3) is 0.167. The maximum atomic E-state index is 4.88. The summed E-state index contributed by atoms with van der Waals surface area (Å²) in [6.07, 6.45) is 1.92. The Kier molecular flexibility index (Phi) is 3.47. The summed E-state index contributed by atoms with van der Waals surface area (Å²) in [4.78, 5) is 0. The van der Waals surface area contributed by atoms with E-state index >= 15 is 0 Å². The second-order valence-corrected chi connectivity index (χ2v) is 6.33. The molecule has 0 fully saturated rings. The zero-order chi connectivity index (χ0) is 14.9. The van der Waals surface area contributed by atoms with E-state index in [2.05, 4.69) is 63.7 Å². The molecule has 3 nitrogen and oxygen atoms in total. The third-order valence-corrected chi connectivity index (χ3v) is 4.70. The summed E-state index contributed by atoms with van der Waals surface area (Å²) in [7, 11) is 0. The molecule has 4 heteroatoms. The monoisotopic (exact) mass is 353 g/mol. The first-order chi connectivity index (χ1) is 10.8. The minimum Gasteiger partial charge on any atom is -0.369 e. The van der Waals surface area contributed by atoms with Crippen LogP contribution >= 0.6 is 15.9 Å². The zero-order valence-corrected chi connectivity index (χ0v) is 13.7. The van der Waals surface area contributed by atoms with Crippen molar-refractivity contribution in [3.8, 4) is 5.69 Å². The number of nitrogens with zero attached hydrogens (tertiary/aromatic N) is 2. The van der Waals surface area contributed by atoms with Crippen molar-refractivity contribution in [3.05, 3.63) is 75.9 Å². The third-order valence-electron chi connectivity index (χ3n) is 4.03. The van der Waals surface area contributed by atoms with Crippen LogP contribution in [0.3, 0.4) is 0 Å². The van der Waals surface area contributed by atoms with E-state index in [-0.39, 0.29) is 0 Å². The van der Waals surface area contributed by atoms with Crippen LogP contribution in [0.2, 0.25) is 0 Å². The van der Waals surface area contributed by atoms with Gasteiger partial charge in [-0.15, -0.1) is 0 Å². The largest absolute Gasteiger partial charge is 0.369 e. The molecule has 0 spiro atoms. The number of benzene rings is 2. The van der Waals surface area contributed by atoms with E-state index in [4.69, 9.17) is 5.10 Å². The Morgan fingerprint density at radius 1 is 1.05 bits per heavy atom. The zero-order valence-electron chi connectivity index (χ0n) is 12.1. The number of fused-ring (bicyclic) bond motifs is 1. The molecule has 0 saturated heterocycles. The van der Waals surface area contributed by atoms with Crippen LogP contribution in [0.5, 0.6) is 0 Å². The fourth-order valence-electron chi connectivity index (χ4n) is 2.97. The average molecular weight is 354 g/mol. The molecule has 4 rings (SSSR count). The van der Waals surface area contributed by atoms with Gasteiger partial charge >= 0.3 is 0 Å². The predicted octanol–water partition coefficient (Wildman–Crippen LogP) is 4.19. The van der Waals surface area contributed by atoms with Crippen molar-refractivity contribution in [1.29, 1.82) is 0 Å². The van der Waals surface area contributed by atoms with E-state index in [1.165, 1.54) is 16.8 Å². The van der Waals surface area contributed by atoms with Crippen LogP contribution in [0.15, 0.2) is 59.1 Å². The Morgan fingerprint density at radius 3 is 2.64 bits per heavy atom. The summed E-state index contributed by atoms with van der Waals surface area (Å²) in [6.45, 7) is 0.986. The van der Waals surface area contributed by atoms with Crippen LogP contribution in [0, 0.1) is 0 Å². The number of halogens is 1. The number of hydrogen-bond donors (Lipinski definition) is 1. The Bertz CT molecular complexity index is 808. The molecule has 22 heavy (non-hydrogen) atoms. The second kappa shape index (κ2) is 5.61. The third kappa shape index (κ3) is 2.33. The van der Waals surface area contributed by atoms with E-state index in [0.29, 0.717) is 0 Å². The molecule has 1 aliphatic rings.